The van der Waals surface area contributed by atoms with E-state index in [1.54, 1.807) is 14.0 Å². The van der Waals surface area contributed by atoms with E-state index in [2.05, 4.69) is 5.32 Å². The molecule has 0 spiro atoms. The molecule has 1 rings (SSSR count). The molecule has 0 saturated heterocycles. The molecule has 1 aromatic carbocycles. The first-order chi connectivity index (χ1) is 11.1. The fourth-order valence-electron chi connectivity index (χ4n) is 1.88. The second kappa shape index (κ2) is 8.22. The lowest BCUT2D eigenvalue weighted by Crippen LogP contribution is -2.45. The SMILES string of the molecule is CC(=O)Nc1ccc(S(=O)(=O)N(C)CC(=O)N(C)C(C)CN)cc1. The summed E-state index contributed by atoms with van der Waals surface area (Å²) in [6.45, 7) is 3.16. The molecule has 24 heavy (non-hydrogen) atoms. The lowest BCUT2D eigenvalue weighted by atomic mass is 10.3. The highest BCUT2D eigenvalue weighted by Crippen LogP contribution is 2.17. The molecule has 1 unspecified atom stereocenters. The Morgan fingerprint density at radius 2 is 1.75 bits per heavy atom. The van der Waals surface area contributed by atoms with Crippen LogP contribution >= 0.6 is 0 Å². The second-order valence-electron chi connectivity index (χ2n) is 5.56. The molecule has 9 heteroatoms. The highest BCUT2D eigenvalue weighted by Gasteiger charge is 2.25. The van der Waals surface area contributed by atoms with Gasteiger partial charge in [0.15, 0.2) is 0 Å². The van der Waals surface area contributed by atoms with E-state index in [4.69, 9.17) is 5.73 Å². The summed E-state index contributed by atoms with van der Waals surface area (Å²) >= 11 is 0. The number of nitrogens with one attached hydrogen (secondary N) is 1. The number of rotatable bonds is 7. The molecular formula is C15H24N4O4S. The zero-order valence-corrected chi connectivity index (χ0v) is 15.1. The Bertz CT molecular complexity index is 688. The fourth-order valence-corrected chi connectivity index (χ4v) is 3.00. The van der Waals surface area contributed by atoms with E-state index in [0.29, 0.717) is 12.2 Å². The number of hydrogen-bond donors (Lipinski definition) is 2. The quantitative estimate of drug-likeness (QED) is 0.718. The van der Waals surface area contributed by atoms with Crippen molar-refractivity contribution in [3.05, 3.63) is 24.3 Å². The molecule has 1 atom stereocenters. The topological polar surface area (TPSA) is 113 Å². The standard InChI is InChI=1S/C15H24N4O4S/c1-11(9-16)19(4)15(21)10-18(3)24(22,23)14-7-5-13(6-8-14)17-12(2)20/h5-8,11H,9-10,16H2,1-4H3,(H,17,20). The maximum absolute atomic E-state index is 12.5. The molecule has 0 saturated carbocycles. The largest absolute Gasteiger partial charge is 0.341 e. The lowest BCUT2D eigenvalue weighted by Gasteiger charge is -2.26. The average Bonchev–Trinajstić information content (AvgIpc) is 2.53. The first-order valence-corrected chi connectivity index (χ1v) is 8.83. The summed E-state index contributed by atoms with van der Waals surface area (Å²) in [5.41, 5.74) is 6.01. The molecule has 0 aromatic heterocycles. The molecule has 0 aliphatic carbocycles. The third-order valence-electron chi connectivity index (χ3n) is 3.64. The minimum Gasteiger partial charge on any atom is -0.341 e. The maximum atomic E-state index is 12.5. The highest BCUT2D eigenvalue weighted by molar-refractivity contribution is 7.89. The summed E-state index contributed by atoms with van der Waals surface area (Å²) in [6.07, 6.45) is 0. The number of anilines is 1. The van der Waals surface area contributed by atoms with Crippen molar-refractivity contribution in [2.24, 2.45) is 5.73 Å². The molecule has 0 aliphatic heterocycles. The summed E-state index contributed by atoms with van der Waals surface area (Å²) in [5, 5.41) is 2.56. The van der Waals surface area contributed by atoms with Crippen molar-refractivity contribution < 1.29 is 18.0 Å². The number of nitrogens with zero attached hydrogens (tertiary/aromatic N) is 2. The smallest absolute Gasteiger partial charge is 0.243 e. The van der Waals surface area contributed by atoms with Gasteiger partial charge in [-0.2, -0.15) is 4.31 Å². The zero-order valence-electron chi connectivity index (χ0n) is 14.3. The van der Waals surface area contributed by atoms with Crippen molar-refractivity contribution in [3.8, 4) is 0 Å². The monoisotopic (exact) mass is 356 g/mol. The van der Waals surface area contributed by atoms with Crippen molar-refractivity contribution in [3.63, 3.8) is 0 Å². The van der Waals surface area contributed by atoms with Crippen LogP contribution in [0, 0.1) is 0 Å². The van der Waals surface area contributed by atoms with Crippen LogP contribution in [-0.4, -0.2) is 62.7 Å². The molecule has 3 N–H and O–H groups in total. The number of sulfonamides is 1. The number of benzene rings is 1. The van der Waals surface area contributed by atoms with Gasteiger partial charge in [0.05, 0.1) is 11.4 Å². The minimum atomic E-state index is -3.80. The van der Waals surface area contributed by atoms with Crippen LogP contribution in [0.2, 0.25) is 0 Å². The zero-order chi connectivity index (χ0) is 18.5. The third-order valence-corrected chi connectivity index (χ3v) is 5.45. The summed E-state index contributed by atoms with van der Waals surface area (Å²) in [6, 6.07) is 5.58. The van der Waals surface area contributed by atoms with Crippen LogP contribution in [0.1, 0.15) is 13.8 Å². The minimum absolute atomic E-state index is 0.0430. The van der Waals surface area contributed by atoms with Crippen molar-refractivity contribution in [1.29, 1.82) is 0 Å². The first kappa shape index (κ1) is 20.1. The Hall–Kier alpha value is -1.97. The van der Waals surface area contributed by atoms with E-state index in [1.807, 2.05) is 0 Å². The highest BCUT2D eigenvalue weighted by atomic mass is 32.2. The predicted octanol–water partition coefficient (Wildman–Crippen LogP) is 0.0711. The number of amides is 2. The normalized spacial score (nSPS) is 12.8. The van der Waals surface area contributed by atoms with E-state index in [0.717, 1.165) is 4.31 Å². The molecule has 0 heterocycles. The molecule has 0 fully saturated rings. The number of likely N-dealkylation sites (N-methyl/N-ethyl adjacent to an activating group) is 2. The van der Waals surface area contributed by atoms with Gasteiger partial charge in [0.1, 0.15) is 0 Å². The van der Waals surface area contributed by atoms with Crippen molar-refractivity contribution in [2.75, 3.05) is 32.5 Å². The molecule has 1 aromatic rings. The van der Waals surface area contributed by atoms with Crippen LogP contribution in [0.5, 0.6) is 0 Å². The number of carbonyl (C=O) groups excluding carboxylic acids is 2. The van der Waals surface area contributed by atoms with Gasteiger partial charge in [-0.15, -0.1) is 0 Å². The van der Waals surface area contributed by atoms with Crippen LogP contribution < -0.4 is 11.1 Å². The van der Waals surface area contributed by atoms with E-state index < -0.39 is 10.0 Å². The van der Waals surface area contributed by atoms with Gasteiger partial charge in [-0.3, -0.25) is 9.59 Å². The maximum Gasteiger partial charge on any atom is 0.243 e. The van der Waals surface area contributed by atoms with Gasteiger partial charge in [0.2, 0.25) is 21.8 Å². The fraction of sp³-hybridized carbons (Fsp3) is 0.467. The van der Waals surface area contributed by atoms with Gasteiger partial charge in [0, 0.05) is 39.3 Å². The average molecular weight is 356 g/mol. The van der Waals surface area contributed by atoms with Crippen LogP contribution in [-0.2, 0) is 19.6 Å². The van der Waals surface area contributed by atoms with Gasteiger partial charge in [-0.05, 0) is 31.2 Å². The van der Waals surface area contributed by atoms with Crippen molar-refractivity contribution in [1.82, 2.24) is 9.21 Å². The molecule has 0 radical (unpaired) electrons. The van der Waals surface area contributed by atoms with E-state index in [9.17, 15) is 18.0 Å². The number of nitrogens with two attached hydrogens (primary N) is 1. The van der Waals surface area contributed by atoms with Crippen LogP contribution in [0.4, 0.5) is 5.69 Å². The Morgan fingerprint density at radius 3 is 2.21 bits per heavy atom. The third kappa shape index (κ3) is 5.02. The van der Waals surface area contributed by atoms with Crippen LogP contribution in [0.15, 0.2) is 29.2 Å². The Morgan fingerprint density at radius 1 is 1.21 bits per heavy atom. The van der Waals surface area contributed by atoms with Crippen molar-refractivity contribution in [2.45, 2.75) is 24.8 Å². The summed E-state index contributed by atoms with van der Waals surface area (Å²) in [4.78, 5) is 24.6. The summed E-state index contributed by atoms with van der Waals surface area (Å²) in [7, 11) is -0.874. The number of carbonyl (C=O) groups is 2. The first-order valence-electron chi connectivity index (χ1n) is 7.39. The van der Waals surface area contributed by atoms with Gasteiger partial charge in [-0.1, -0.05) is 0 Å². The summed E-state index contributed by atoms with van der Waals surface area (Å²) < 4.78 is 26.0. The van der Waals surface area contributed by atoms with Gasteiger partial charge in [-0.25, -0.2) is 8.42 Å². The molecule has 8 nitrogen and oxygen atoms in total. The predicted molar refractivity (Wildman–Crippen MR) is 91.8 cm³/mol. The Balaban J connectivity index is 2.87. The van der Waals surface area contributed by atoms with Crippen molar-refractivity contribution >= 4 is 27.5 Å². The summed E-state index contributed by atoms with van der Waals surface area (Å²) in [5.74, 6) is -0.584. The van der Waals surface area contributed by atoms with Crippen LogP contribution in [0.3, 0.4) is 0 Å². The Labute approximate surface area is 142 Å². The Kier molecular flexibility index (Phi) is 6.88. The molecule has 2 amide bonds. The van der Waals surface area contributed by atoms with Gasteiger partial charge >= 0.3 is 0 Å². The van der Waals surface area contributed by atoms with E-state index in [-0.39, 0.29) is 29.3 Å². The van der Waals surface area contributed by atoms with E-state index >= 15 is 0 Å². The molecule has 0 aliphatic rings. The molecule has 134 valence electrons. The van der Waals surface area contributed by atoms with Gasteiger partial charge < -0.3 is 16.0 Å². The van der Waals surface area contributed by atoms with Crippen LogP contribution in [0.25, 0.3) is 0 Å². The molecule has 0 bridgehead atoms. The van der Waals surface area contributed by atoms with Gasteiger partial charge in [0.25, 0.3) is 0 Å². The molecular weight excluding hydrogens is 332 g/mol. The van der Waals surface area contributed by atoms with E-state index in [1.165, 1.54) is 43.1 Å². The lowest BCUT2D eigenvalue weighted by molar-refractivity contribution is -0.131. The second-order valence-corrected chi connectivity index (χ2v) is 7.60. The number of hydrogen-bond acceptors (Lipinski definition) is 5.